The van der Waals surface area contributed by atoms with Gasteiger partial charge in [-0.1, -0.05) is 31.2 Å². The number of carbonyl (C=O) groups is 2. The van der Waals surface area contributed by atoms with Crippen LogP contribution < -0.4 is 0 Å². The lowest BCUT2D eigenvalue weighted by atomic mass is 10.0. The van der Waals surface area contributed by atoms with Crippen molar-refractivity contribution < 1.29 is 18.7 Å². The van der Waals surface area contributed by atoms with Crippen molar-refractivity contribution in [1.29, 1.82) is 0 Å². The molecule has 1 atom stereocenters. The summed E-state index contributed by atoms with van der Waals surface area (Å²) in [6, 6.07) is 9.97. The number of hydrogen-bond acceptors (Lipinski definition) is 5. The Balaban J connectivity index is 1.86. The summed E-state index contributed by atoms with van der Waals surface area (Å²) in [5, 5.41) is 7.81. The summed E-state index contributed by atoms with van der Waals surface area (Å²) in [6.07, 6.45) is 0.724. The number of halogens is 1. The molecule has 2 aromatic rings. The van der Waals surface area contributed by atoms with Crippen LogP contribution >= 0.6 is 11.3 Å². The second kappa shape index (κ2) is 9.76. The molecule has 2 amide bonds. The molecular formula is C21H24FN3O3S. The van der Waals surface area contributed by atoms with Crippen LogP contribution in [0.25, 0.3) is 0 Å². The predicted octanol–water partition coefficient (Wildman–Crippen LogP) is 3.45. The fraction of sp³-hybridized carbons (Fsp3) is 0.381. The van der Waals surface area contributed by atoms with Crippen LogP contribution in [0.3, 0.4) is 0 Å². The van der Waals surface area contributed by atoms with E-state index in [2.05, 4.69) is 5.10 Å². The second-order valence-electron chi connectivity index (χ2n) is 6.66. The highest BCUT2D eigenvalue weighted by molar-refractivity contribution is 7.10. The maximum Gasteiger partial charge on any atom is 0.262 e. The quantitative estimate of drug-likeness (QED) is 0.661. The Morgan fingerprint density at radius 3 is 2.76 bits per heavy atom. The van der Waals surface area contributed by atoms with Crippen molar-refractivity contribution in [3.05, 3.63) is 58.0 Å². The van der Waals surface area contributed by atoms with Crippen molar-refractivity contribution in [2.24, 2.45) is 5.10 Å². The van der Waals surface area contributed by atoms with E-state index in [0.717, 1.165) is 4.88 Å². The SMILES string of the molecule is CCC(=O)N(CCOC)CC(=O)N1N=C(c2ccccc2F)C[C@@H]1c1cccs1. The van der Waals surface area contributed by atoms with Gasteiger partial charge in [0.25, 0.3) is 5.91 Å². The summed E-state index contributed by atoms with van der Waals surface area (Å²) in [5.41, 5.74) is 0.922. The molecule has 1 aliphatic heterocycles. The molecule has 2 heterocycles. The number of nitrogens with zero attached hydrogens (tertiary/aromatic N) is 3. The van der Waals surface area contributed by atoms with E-state index in [1.165, 1.54) is 27.3 Å². The molecule has 1 aromatic carbocycles. The Bertz CT molecular complexity index is 885. The Hall–Kier alpha value is -2.58. The van der Waals surface area contributed by atoms with Crippen LogP contribution in [-0.4, -0.2) is 54.2 Å². The second-order valence-corrected chi connectivity index (χ2v) is 7.64. The van der Waals surface area contributed by atoms with Gasteiger partial charge in [0.15, 0.2) is 0 Å². The monoisotopic (exact) mass is 417 g/mol. The largest absolute Gasteiger partial charge is 0.383 e. The summed E-state index contributed by atoms with van der Waals surface area (Å²) in [5.74, 6) is -0.790. The lowest BCUT2D eigenvalue weighted by Gasteiger charge is -2.26. The molecule has 0 saturated heterocycles. The predicted molar refractivity (Wildman–Crippen MR) is 110 cm³/mol. The third-order valence-electron chi connectivity index (χ3n) is 4.77. The van der Waals surface area contributed by atoms with E-state index in [-0.39, 0.29) is 30.2 Å². The van der Waals surface area contributed by atoms with Crippen LogP contribution in [-0.2, 0) is 14.3 Å². The van der Waals surface area contributed by atoms with Crippen LogP contribution in [0.1, 0.15) is 36.2 Å². The highest BCUT2D eigenvalue weighted by Crippen LogP contribution is 2.35. The Morgan fingerprint density at radius 1 is 1.31 bits per heavy atom. The average molecular weight is 418 g/mol. The lowest BCUT2D eigenvalue weighted by Crippen LogP contribution is -2.42. The smallest absolute Gasteiger partial charge is 0.262 e. The molecule has 6 nitrogen and oxygen atoms in total. The maximum atomic E-state index is 14.3. The van der Waals surface area contributed by atoms with Crippen LogP contribution in [0.15, 0.2) is 46.9 Å². The minimum absolute atomic E-state index is 0.0913. The topological polar surface area (TPSA) is 62.2 Å². The van der Waals surface area contributed by atoms with Crippen molar-refractivity contribution in [1.82, 2.24) is 9.91 Å². The van der Waals surface area contributed by atoms with Gasteiger partial charge in [0.05, 0.1) is 18.4 Å². The number of thiophene rings is 1. The van der Waals surface area contributed by atoms with Crippen LogP contribution in [0.2, 0.25) is 0 Å². The molecule has 0 N–H and O–H groups in total. The molecular weight excluding hydrogens is 393 g/mol. The molecule has 0 bridgehead atoms. The van der Waals surface area contributed by atoms with E-state index in [0.29, 0.717) is 37.3 Å². The molecule has 0 aliphatic carbocycles. The summed E-state index contributed by atoms with van der Waals surface area (Å²) in [4.78, 5) is 27.8. The van der Waals surface area contributed by atoms with E-state index in [4.69, 9.17) is 4.74 Å². The van der Waals surface area contributed by atoms with Gasteiger partial charge in [-0.25, -0.2) is 9.40 Å². The molecule has 154 valence electrons. The first kappa shape index (κ1) is 21.1. The number of hydrogen-bond donors (Lipinski definition) is 0. The number of methoxy groups -OCH3 is 1. The number of benzene rings is 1. The third-order valence-corrected chi connectivity index (χ3v) is 5.74. The van der Waals surface area contributed by atoms with Gasteiger partial charge in [0.2, 0.25) is 5.91 Å². The first-order valence-corrected chi connectivity index (χ1v) is 10.4. The fourth-order valence-electron chi connectivity index (χ4n) is 3.25. The Labute approximate surface area is 173 Å². The minimum Gasteiger partial charge on any atom is -0.383 e. The maximum absolute atomic E-state index is 14.3. The van der Waals surface area contributed by atoms with E-state index in [1.807, 2.05) is 17.5 Å². The van der Waals surface area contributed by atoms with Gasteiger partial charge < -0.3 is 9.64 Å². The Morgan fingerprint density at radius 2 is 2.10 bits per heavy atom. The zero-order chi connectivity index (χ0) is 20.8. The van der Waals surface area contributed by atoms with E-state index in [9.17, 15) is 14.0 Å². The molecule has 0 radical (unpaired) electrons. The zero-order valence-electron chi connectivity index (χ0n) is 16.5. The van der Waals surface area contributed by atoms with Crippen LogP contribution in [0, 0.1) is 5.82 Å². The first-order chi connectivity index (χ1) is 14.0. The first-order valence-electron chi connectivity index (χ1n) is 9.49. The van der Waals surface area contributed by atoms with E-state index in [1.54, 1.807) is 32.2 Å². The lowest BCUT2D eigenvalue weighted by molar-refractivity contribution is -0.141. The molecule has 0 unspecified atom stereocenters. The minimum atomic E-state index is -0.367. The molecule has 3 rings (SSSR count). The molecule has 1 aromatic heterocycles. The summed E-state index contributed by atoms with van der Waals surface area (Å²) < 4.78 is 19.3. The van der Waals surface area contributed by atoms with Gasteiger partial charge in [-0.05, 0) is 17.5 Å². The zero-order valence-corrected chi connectivity index (χ0v) is 17.3. The molecule has 1 aliphatic rings. The van der Waals surface area contributed by atoms with Gasteiger partial charge in [0.1, 0.15) is 12.4 Å². The molecule has 0 saturated carbocycles. The molecule has 8 heteroatoms. The van der Waals surface area contributed by atoms with Crippen molar-refractivity contribution in [2.45, 2.75) is 25.8 Å². The summed E-state index contributed by atoms with van der Waals surface area (Å²) >= 11 is 1.52. The number of carbonyl (C=O) groups excluding carboxylic acids is 2. The third kappa shape index (κ3) is 4.89. The van der Waals surface area contributed by atoms with E-state index < -0.39 is 0 Å². The molecule has 0 fully saturated rings. The molecule has 0 spiro atoms. The number of hydrazone groups is 1. The van der Waals surface area contributed by atoms with E-state index >= 15 is 0 Å². The molecule has 29 heavy (non-hydrogen) atoms. The average Bonchev–Trinajstić information content (AvgIpc) is 3.40. The van der Waals surface area contributed by atoms with Crippen LogP contribution in [0.5, 0.6) is 0 Å². The van der Waals surface area contributed by atoms with Crippen molar-refractivity contribution in [3.8, 4) is 0 Å². The number of rotatable bonds is 8. The van der Waals surface area contributed by atoms with Crippen molar-refractivity contribution in [3.63, 3.8) is 0 Å². The van der Waals surface area contributed by atoms with Gasteiger partial charge in [-0.3, -0.25) is 9.59 Å². The highest BCUT2D eigenvalue weighted by Gasteiger charge is 2.35. The standard InChI is InChI=1S/C21H24FN3O3S/c1-3-20(26)24(10-11-28-2)14-21(27)25-18(19-9-6-12-29-19)13-17(23-25)15-7-4-5-8-16(15)22/h4-9,12,18H,3,10-11,13-14H2,1-2H3/t18-/m1/s1. The fourth-order valence-corrected chi connectivity index (χ4v) is 4.07. The normalized spacial score (nSPS) is 16.0. The van der Waals surface area contributed by atoms with Gasteiger partial charge in [-0.2, -0.15) is 5.10 Å². The summed E-state index contributed by atoms with van der Waals surface area (Å²) in [7, 11) is 1.55. The van der Waals surface area contributed by atoms with Crippen molar-refractivity contribution >= 4 is 28.9 Å². The summed E-state index contributed by atoms with van der Waals surface area (Å²) in [6.45, 7) is 2.34. The van der Waals surface area contributed by atoms with Crippen LogP contribution in [0.4, 0.5) is 4.39 Å². The van der Waals surface area contributed by atoms with Gasteiger partial charge in [-0.15, -0.1) is 11.3 Å². The Kier molecular flexibility index (Phi) is 7.11. The number of ether oxygens (including phenoxy) is 1. The highest BCUT2D eigenvalue weighted by atomic mass is 32.1. The number of amides is 2. The van der Waals surface area contributed by atoms with Gasteiger partial charge >= 0.3 is 0 Å². The van der Waals surface area contributed by atoms with Gasteiger partial charge in [0, 0.05) is 36.9 Å². The van der Waals surface area contributed by atoms with Crippen molar-refractivity contribution in [2.75, 3.05) is 26.8 Å².